The summed E-state index contributed by atoms with van der Waals surface area (Å²) in [4.78, 5) is 3.87. The minimum absolute atomic E-state index is 0.152. The number of aromatic nitrogens is 3. The molecule has 0 aliphatic carbocycles. The third-order valence-corrected chi connectivity index (χ3v) is 2.41. The van der Waals surface area contributed by atoms with E-state index in [4.69, 9.17) is 11.1 Å². The minimum Gasteiger partial charge on any atom is -0.382 e. The molecular weight excluding hydrogens is 259 g/mol. The Kier molecular flexibility index (Phi) is 3.24. The first kappa shape index (κ1) is 13.1. The second kappa shape index (κ2) is 4.71. The van der Waals surface area contributed by atoms with Crippen LogP contribution in [0.4, 0.5) is 13.2 Å². The topological polar surface area (TPSA) is 80.6 Å². The van der Waals surface area contributed by atoms with Gasteiger partial charge in [-0.05, 0) is 17.7 Å². The van der Waals surface area contributed by atoms with Crippen molar-refractivity contribution < 1.29 is 13.2 Å². The van der Waals surface area contributed by atoms with Gasteiger partial charge < -0.3 is 5.73 Å². The van der Waals surface area contributed by atoms with Gasteiger partial charge in [-0.3, -0.25) is 15.1 Å². The number of nitrogens with zero attached hydrogens (tertiary/aromatic N) is 3. The van der Waals surface area contributed by atoms with Crippen molar-refractivity contribution in [2.45, 2.75) is 12.7 Å². The van der Waals surface area contributed by atoms with Crippen molar-refractivity contribution in [2.24, 2.45) is 5.73 Å². The molecule has 0 atom stereocenters. The van der Waals surface area contributed by atoms with Crippen molar-refractivity contribution in [3.05, 3.63) is 47.5 Å². The van der Waals surface area contributed by atoms with Gasteiger partial charge in [-0.2, -0.15) is 18.3 Å². The highest BCUT2D eigenvalue weighted by molar-refractivity contribution is 5.93. The van der Waals surface area contributed by atoms with E-state index in [0.29, 0.717) is 5.56 Å². The minimum atomic E-state index is -4.40. The summed E-state index contributed by atoms with van der Waals surface area (Å²) in [5, 5.41) is 10.9. The average Bonchev–Trinajstić information content (AvgIpc) is 2.77. The van der Waals surface area contributed by atoms with E-state index >= 15 is 0 Å². The van der Waals surface area contributed by atoms with E-state index in [0.717, 1.165) is 12.4 Å². The molecule has 0 bridgehead atoms. The lowest BCUT2D eigenvalue weighted by molar-refractivity contribution is -0.137. The molecule has 0 saturated carbocycles. The smallest absolute Gasteiger partial charge is 0.382 e. The zero-order valence-electron chi connectivity index (χ0n) is 9.65. The van der Waals surface area contributed by atoms with Crippen LogP contribution < -0.4 is 5.73 Å². The molecule has 0 unspecified atom stereocenters. The summed E-state index contributed by atoms with van der Waals surface area (Å²) >= 11 is 0. The quantitative estimate of drug-likeness (QED) is 0.656. The highest BCUT2D eigenvalue weighted by atomic mass is 19.4. The normalized spacial score (nSPS) is 11.5. The molecule has 0 fully saturated rings. The Morgan fingerprint density at radius 3 is 2.74 bits per heavy atom. The lowest BCUT2D eigenvalue weighted by Crippen LogP contribution is -2.13. The van der Waals surface area contributed by atoms with E-state index < -0.39 is 11.7 Å². The van der Waals surface area contributed by atoms with Crippen LogP contribution in [0.1, 0.15) is 16.8 Å². The molecule has 0 spiro atoms. The first-order valence-corrected chi connectivity index (χ1v) is 5.25. The highest BCUT2D eigenvalue weighted by Crippen LogP contribution is 2.28. The monoisotopic (exact) mass is 269 g/mol. The SMILES string of the molecule is N=C(N)c1cc(Cn2cc(C(F)(F)F)cn2)ccn1. The standard InChI is InChI=1S/C11H10F3N5/c12-11(13,14)8-4-18-19(6-8)5-7-1-2-17-9(3-7)10(15)16/h1-4,6H,5H2,(H3,15,16). The van der Waals surface area contributed by atoms with Crippen LogP contribution in [0.2, 0.25) is 0 Å². The molecule has 5 nitrogen and oxygen atoms in total. The van der Waals surface area contributed by atoms with Crippen molar-refractivity contribution in [3.8, 4) is 0 Å². The molecule has 0 radical (unpaired) electrons. The molecule has 3 N–H and O–H groups in total. The number of rotatable bonds is 3. The van der Waals surface area contributed by atoms with E-state index in [1.54, 1.807) is 6.07 Å². The Labute approximate surface area is 106 Å². The highest BCUT2D eigenvalue weighted by Gasteiger charge is 2.32. The summed E-state index contributed by atoms with van der Waals surface area (Å²) < 4.78 is 38.4. The van der Waals surface area contributed by atoms with Crippen LogP contribution in [-0.2, 0) is 12.7 Å². The molecule has 2 heterocycles. The third-order valence-electron chi connectivity index (χ3n) is 2.41. The maximum atomic E-state index is 12.4. The van der Waals surface area contributed by atoms with Gasteiger partial charge in [0.25, 0.3) is 0 Å². The van der Waals surface area contributed by atoms with Crippen LogP contribution in [0.15, 0.2) is 30.7 Å². The lowest BCUT2D eigenvalue weighted by Gasteiger charge is -2.04. The van der Waals surface area contributed by atoms with Crippen LogP contribution >= 0.6 is 0 Å². The molecule has 2 aromatic rings. The van der Waals surface area contributed by atoms with E-state index in [9.17, 15) is 13.2 Å². The second-order valence-electron chi connectivity index (χ2n) is 3.89. The number of hydrogen-bond acceptors (Lipinski definition) is 3. The number of halogens is 3. The molecule has 8 heteroatoms. The summed E-state index contributed by atoms with van der Waals surface area (Å²) in [6.45, 7) is 0.152. The van der Waals surface area contributed by atoms with E-state index in [1.165, 1.54) is 16.9 Å². The van der Waals surface area contributed by atoms with Crippen LogP contribution in [0.5, 0.6) is 0 Å². The van der Waals surface area contributed by atoms with Crippen molar-refractivity contribution in [3.63, 3.8) is 0 Å². The van der Waals surface area contributed by atoms with Gasteiger partial charge in [0.1, 0.15) is 11.5 Å². The molecule has 19 heavy (non-hydrogen) atoms. The Morgan fingerprint density at radius 1 is 1.42 bits per heavy atom. The number of pyridine rings is 1. The fourth-order valence-electron chi connectivity index (χ4n) is 1.50. The Morgan fingerprint density at radius 2 is 2.16 bits per heavy atom. The van der Waals surface area contributed by atoms with Gasteiger partial charge in [-0.25, -0.2) is 0 Å². The Balaban J connectivity index is 2.19. The molecule has 2 rings (SSSR count). The van der Waals surface area contributed by atoms with Gasteiger partial charge >= 0.3 is 6.18 Å². The van der Waals surface area contributed by atoms with Crippen LogP contribution in [0.25, 0.3) is 0 Å². The van der Waals surface area contributed by atoms with E-state index in [1.807, 2.05) is 0 Å². The number of alkyl halides is 3. The summed E-state index contributed by atoms with van der Waals surface area (Å²) in [5.74, 6) is -0.196. The zero-order valence-corrected chi connectivity index (χ0v) is 9.65. The number of nitrogens with two attached hydrogens (primary N) is 1. The van der Waals surface area contributed by atoms with Crippen molar-refractivity contribution >= 4 is 5.84 Å². The molecular formula is C11H10F3N5. The summed E-state index contributed by atoms with van der Waals surface area (Å²) in [7, 11) is 0. The average molecular weight is 269 g/mol. The first-order chi connectivity index (χ1) is 8.86. The maximum Gasteiger partial charge on any atom is 0.419 e. The van der Waals surface area contributed by atoms with Gasteiger partial charge in [0.2, 0.25) is 0 Å². The molecule has 0 aromatic carbocycles. The Hall–Kier alpha value is -2.38. The lowest BCUT2D eigenvalue weighted by atomic mass is 10.2. The number of hydrogen-bond donors (Lipinski definition) is 2. The first-order valence-electron chi connectivity index (χ1n) is 5.25. The fraction of sp³-hybridized carbons (Fsp3) is 0.182. The van der Waals surface area contributed by atoms with Crippen molar-refractivity contribution in [2.75, 3.05) is 0 Å². The van der Waals surface area contributed by atoms with Crippen molar-refractivity contribution in [1.82, 2.24) is 14.8 Å². The summed E-state index contributed by atoms with van der Waals surface area (Å²) in [6.07, 6.45) is -1.26. The van der Waals surface area contributed by atoms with Crippen LogP contribution in [-0.4, -0.2) is 20.6 Å². The maximum absolute atomic E-state index is 12.4. The van der Waals surface area contributed by atoms with Gasteiger partial charge in [0.05, 0.1) is 18.3 Å². The summed E-state index contributed by atoms with van der Waals surface area (Å²) in [5.41, 5.74) is 5.43. The Bertz CT molecular complexity index is 602. The number of nitrogen functional groups attached to an aromatic ring is 1. The molecule has 100 valence electrons. The number of amidine groups is 1. The zero-order chi connectivity index (χ0) is 14.0. The molecule has 0 aliphatic rings. The summed E-state index contributed by atoms with van der Waals surface area (Å²) in [6, 6.07) is 3.17. The molecule has 0 amide bonds. The third kappa shape index (κ3) is 3.09. The van der Waals surface area contributed by atoms with E-state index in [2.05, 4.69) is 10.1 Å². The molecule has 0 aliphatic heterocycles. The van der Waals surface area contributed by atoms with Gasteiger partial charge in [-0.1, -0.05) is 0 Å². The predicted molar refractivity (Wildman–Crippen MR) is 61.6 cm³/mol. The number of nitrogens with one attached hydrogen (secondary N) is 1. The van der Waals surface area contributed by atoms with E-state index in [-0.39, 0.29) is 18.1 Å². The van der Waals surface area contributed by atoms with Gasteiger partial charge in [0, 0.05) is 12.4 Å². The predicted octanol–water partition coefficient (Wildman–Crippen LogP) is 1.63. The molecule has 0 saturated heterocycles. The second-order valence-corrected chi connectivity index (χ2v) is 3.89. The van der Waals surface area contributed by atoms with Gasteiger partial charge in [-0.15, -0.1) is 0 Å². The fourth-order valence-corrected chi connectivity index (χ4v) is 1.50. The van der Waals surface area contributed by atoms with Gasteiger partial charge in [0.15, 0.2) is 0 Å². The molecule has 2 aromatic heterocycles. The van der Waals surface area contributed by atoms with Crippen molar-refractivity contribution in [1.29, 1.82) is 5.41 Å². The van der Waals surface area contributed by atoms with Crippen LogP contribution in [0.3, 0.4) is 0 Å². The largest absolute Gasteiger partial charge is 0.419 e. The van der Waals surface area contributed by atoms with Crippen LogP contribution in [0, 0.1) is 5.41 Å².